The highest BCUT2D eigenvalue weighted by molar-refractivity contribution is 5.51. The third kappa shape index (κ3) is 2.76. The zero-order valence-corrected chi connectivity index (χ0v) is 9.35. The molecule has 0 saturated heterocycles. The van der Waals surface area contributed by atoms with Gasteiger partial charge in [-0.15, -0.1) is 0 Å². The molecule has 0 aliphatic heterocycles. The van der Waals surface area contributed by atoms with Gasteiger partial charge in [-0.25, -0.2) is 0 Å². The van der Waals surface area contributed by atoms with Crippen LogP contribution in [0.15, 0.2) is 36.7 Å². The number of nitrogens with two attached hydrogens (primary N) is 1. The molecular formula is C12H16N4. The second kappa shape index (κ2) is 4.70. The lowest BCUT2D eigenvalue weighted by atomic mass is 10.3. The van der Waals surface area contributed by atoms with Gasteiger partial charge in [-0.3, -0.25) is 4.68 Å². The van der Waals surface area contributed by atoms with E-state index < -0.39 is 0 Å². The molecule has 0 bridgehead atoms. The van der Waals surface area contributed by atoms with Gasteiger partial charge in [0.2, 0.25) is 0 Å². The topological polar surface area (TPSA) is 55.9 Å². The minimum atomic E-state index is 0.785. The average Bonchev–Trinajstić information content (AvgIpc) is 2.67. The van der Waals surface area contributed by atoms with Crippen LogP contribution in [0.5, 0.6) is 0 Å². The van der Waals surface area contributed by atoms with Crippen LogP contribution in [0, 0.1) is 6.92 Å². The lowest BCUT2D eigenvalue weighted by Gasteiger charge is -2.06. The molecule has 0 aliphatic rings. The Morgan fingerprint density at radius 3 is 2.69 bits per heavy atom. The quantitative estimate of drug-likeness (QED) is 0.767. The summed E-state index contributed by atoms with van der Waals surface area (Å²) in [5.74, 6) is 0. The number of rotatable bonds is 4. The monoisotopic (exact) mass is 216 g/mol. The van der Waals surface area contributed by atoms with Gasteiger partial charge >= 0.3 is 0 Å². The molecule has 1 aromatic heterocycles. The van der Waals surface area contributed by atoms with E-state index in [0.29, 0.717) is 0 Å². The van der Waals surface area contributed by atoms with Crippen LogP contribution in [0.2, 0.25) is 0 Å². The largest absolute Gasteiger partial charge is 0.399 e. The second-order valence-electron chi connectivity index (χ2n) is 3.83. The summed E-state index contributed by atoms with van der Waals surface area (Å²) in [6.45, 7) is 3.75. The fourth-order valence-electron chi connectivity index (χ4n) is 1.50. The van der Waals surface area contributed by atoms with Gasteiger partial charge in [0.25, 0.3) is 0 Å². The normalized spacial score (nSPS) is 10.3. The van der Waals surface area contributed by atoms with Crippen molar-refractivity contribution in [2.24, 2.45) is 0 Å². The van der Waals surface area contributed by atoms with Crippen molar-refractivity contribution in [2.75, 3.05) is 17.6 Å². The van der Waals surface area contributed by atoms with Crippen molar-refractivity contribution in [1.29, 1.82) is 0 Å². The first-order chi connectivity index (χ1) is 7.74. The zero-order valence-electron chi connectivity index (χ0n) is 9.35. The molecule has 3 N–H and O–H groups in total. The Hall–Kier alpha value is -1.97. The minimum absolute atomic E-state index is 0.785. The van der Waals surface area contributed by atoms with Crippen LogP contribution in [-0.4, -0.2) is 16.3 Å². The van der Waals surface area contributed by atoms with E-state index in [4.69, 9.17) is 5.73 Å². The highest BCUT2D eigenvalue weighted by atomic mass is 15.3. The van der Waals surface area contributed by atoms with E-state index in [9.17, 15) is 0 Å². The Morgan fingerprint density at radius 2 is 2.06 bits per heavy atom. The average molecular weight is 216 g/mol. The molecule has 0 aliphatic carbocycles. The van der Waals surface area contributed by atoms with Crippen LogP contribution in [0.3, 0.4) is 0 Å². The van der Waals surface area contributed by atoms with Crippen molar-refractivity contribution in [1.82, 2.24) is 9.78 Å². The number of anilines is 2. The van der Waals surface area contributed by atoms with E-state index in [-0.39, 0.29) is 0 Å². The fraction of sp³-hybridized carbons (Fsp3) is 0.250. The number of nitrogens with zero attached hydrogens (tertiary/aromatic N) is 2. The molecule has 0 atom stereocenters. The number of benzene rings is 1. The molecule has 16 heavy (non-hydrogen) atoms. The number of hydrogen-bond donors (Lipinski definition) is 2. The van der Waals surface area contributed by atoms with Crippen LogP contribution in [0.1, 0.15) is 5.56 Å². The highest BCUT2D eigenvalue weighted by Gasteiger charge is 1.94. The maximum Gasteiger partial charge on any atom is 0.0582 e. The molecule has 4 heteroatoms. The maximum absolute atomic E-state index is 5.61. The van der Waals surface area contributed by atoms with Gasteiger partial charge in [0.1, 0.15) is 0 Å². The van der Waals surface area contributed by atoms with E-state index in [1.54, 1.807) is 0 Å². The lowest BCUT2D eigenvalue weighted by Crippen LogP contribution is -2.10. The van der Waals surface area contributed by atoms with Gasteiger partial charge in [-0.1, -0.05) is 0 Å². The molecule has 0 unspecified atom stereocenters. The number of aromatic nitrogens is 2. The summed E-state index contributed by atoms with van der Waals surface area (Å²) in [5, 5.41) is 7.53. The van der Waals surface area contributed by atoms with E-state index in [0.717, 1.165) is 24.5 Å². The number of aryl methyl sites for hydroxylation is 1. The Kier molecular flexibility index (Phi) is 3.10. The molecule has 0 saturated carbocycles. The van der Waals surface area contributed by atoms with Gasteiger partial charge in [0.05, 0.1) is 12.7 Å². The summed E-state index contributed by atoms with van der Waals surface area (Å²) in [6, 6.07) is 7.73. The Labute approximate surface area is 95.1 Å². The van der Waals surface area contributed by atoms with Gasteiger partial charge in [-0.05, 0) is 36.8 Å². The molecule has 1 heterocycles. The summed E-state index contributed by atoms with van der Waals surface area (Å²) in [6.07, 6.45) is 3.90. The molecule has 2 rings (SSSR count). The molecule has 0 fully saturated rings. The van der Waals surface area contributed by atoms with Crippen LogP contribution < -0.4 is 11.1 Å². The summed E-state index contributed by atoms with van der Waals surface area (Å²) >= 11 is 0. The van der Waals surface area contributed by atoms with Crippen molar-refractivity contribution in [2.45, 2.75) is 13.5 Å². The summed E-state index contributed by atoms with van der Waals surface area (Å²) in [7, 11) is 0. The van der Waals surface area contributed by atoms with Crippen molar-refractivity contribution < 1.29 is 0 Å². The second-order valence-corrected chi connectivity index (χ2v) is 3.83. The van der Waals surface area contributed by atoms with E-state index in [1.807, 2.05) is 48.3 Å². The molecule has 84 valence electrons. The molecule has 0 spiro atoms. The first-order valence-electron chi connectivity index (χ1n) is 5.32. The third-order valence-corrected chi connectivity index (χ3v) is 2.34. The van der Waals surface area contributed by atoms with Gasteiger partial charge in [-0.2, -0.15) is 5.10 Å². The van der Waals surface area contributed by atoms with E-state index >= 15 is 0 Å². The van der Waals surface area contributed by atoms with Crippen molar-refractivity contribution in [3.05, 3.63) is 42.2 Å². The summed E-state index contributed by atoms with van der Waals surface area (Å²) in [4.78, 5) is 0. The fourth-order valence-corrected chi connectivity index (χ4v) is 1.50. The maximum atomic E-state index is 5.61. The van der Waals surface area contributed by atoms with Crippen LogP contribution in [0.4, 0.5) is 11.4 Å². The first kappa shape index (κ1) is 10.5. The van der Waals surface area contributed by atoms with E-state index in [1.165, 1.54) is 5.56 Å². The SMILES string of the molecule is Cc1cnn(CCNc2ccc(N)cc2)c1. The van der Waals surface area contributed by atoms with Crippen LogP contribution in [-0.2, 0) is 6.54 Å². The number of nitrogen functional groups attached to an aromatic ring is 1. The summed E-state index contributed by atoms with van der Waals surface area (Å²) in [5.41, 5.74) is 8.66. The third-order valence-electron chi connectivity index (χ3n) is 2.34. The predicted octanol–water partition coefficient (Wildman–Crippen LogP) is 1.89. The molecule has 2 aromatic rings. The summed E-state index contributed by atoms with van der Waals surface area (Å²) < 4.78 is 1.93. The van der Waals surface area contributed by atoms with Crippen LogP contribution in [0.25, 0.3) is 0 Å². The molecular weight excluding hydrogens is 200 g/mol. The molecule has 4 nitrogen and oxygen atoms in total. The predicted molar refractivity (Wildman–Crippen MR) is 66.3 cm³/mol. The lowest BCUT2D eigenvalue weighted by molar-refractivity contribution is 0.637. The standard InChI is InChI=1S/C12H16N4/c1-10-8-15-16(9-10)7-6-14-12-4-2-11(13)3-5-12/h2-5,8-9,14H,6-7,13H2,1H3. The van der Waals surface area contributed by atoms with E-state index in [2.05, 4.69) is 10.4 Å². The Bertz CT molecular complexity index is 444. The molecule has 1 aromatic carbocycles. The van der Waals surface area contributed by atoms with Crippen molar-refractivity contribution >= 4 is 11.4 Å². The smallest absolute Gasteiger partial charge is 0.0582 e. The number of nitrogens with one attached hydrogen (secondary N) is 1. The molecule has 0 amide bonds. The minimum Gasteiger partial charge on any atom is -0.399 e. The van der Waals surface area contributed by atoms with Gasteiger partial charge in [0.15, 0.2) is 0 Å². The highest BCUT2D eigenvalue weighted by Crippen LogP contribution is 2.09. The Morgan fingerprint density at radius 1 is 1.31 bits per heavy atom. The van der Waals surface area contributed by atoms with Gasteiger partial charge in [0, 0.05) is 24.1 Å². The number of hydrogen-bond acceptors (Lipinski definition) is 3. The van der Waals surface area contributed by atoms with Crippen LogP contribution >= 0.6 is 0 Å². The first-order valence-corrected chi connectivity index (χ1v) is 5.32. The Balaban J connectivity index is 1.82. The van der Waals surface area contributed by atoms with Crippen molar-refractivity contribution in [3.8, 4) is 0 Å². The van der Waals surface area contributed by atoms with Gasteiger partial charge < -0.3 is 11.1 Å². The van der Waals surface area contributed by atoms with Crippen molar-refractivity contribution in [3.63, 3.8) is 0 Å². The molecule has 0 radical (unpaired) electrons. The zero-order chi connectivity index (χ0) is 11.4.